The Labute approximate surface area is 194 Å². The van der Waals surface area contributed by atoms with E-state index in [1.807, 2.05) is 18.5 Å². The highest BCUT2D eigenvalue weighted by molar-refractivity contribution is 7.99. The average molecular weight is 460 g/mol. The molecule has 0 amide bonds. The summed E-state index contributed by atoms with van der Waals surface area (Å²) in [6, 6.07) is 7.56. The molecule has 166 valence electrons. The highest BCUT2D eigenvalue weighted by Crippen LogP contribution is 2.44. The number of nitrogens with one attached hydrogen (secondary N) is 1. The molecule has 33 heavy (non-hydrogen) atoms. The third kappa shape index (κ3) is 3.33. The molecular weight excluding hydrogens is 437 g/mol. The molecule has 0 aromatic carbocycles. The van der Waals surface area contributed by atoms with E-state index in [4.69, 9.17) is 5.10 Å². The molecule has 1 aliphatic heterocycles. The molecular formula is C24H22FN7S. The van der Waals surface area contributed by atoms with E-state index < -0.39 is 5.82 Å². The van der Waals surface area contributed by atoms with E-state index in [2.05, 4.69) is 33.1 Å². The fraction of sp³-hybridized carbons (Fsp3) is 0.333. The number of piperidine rings is 1. The van der Waals surface area contributed by atoms with Crippen LogP contribution in [0, 0.1) is 35.9 Å². The number of aromatic nitrogens is 5. The number of nitrogens with zero attached hydrogens (tertiary/aromatic N) is 6. The lowest BCUT2D eigenvalue weighted by atomic mass is 9.93. The van der Waals surface area contributed by atoms with E-state index in [-0.39, 0.29) is 5.03 Å². The Balaban J connectivity index is 1.46. The molecule has 1 saturated carbocycles. The molecule has 1 aliphatic carbocycles. The summed E-state index contributed by atoms with van der Waals surface area (Å²) in [5.41, 5.74) is 4.16. The summed E-state index contributed by atoms with van der Waals surface area (Å²) in [7, 11) is 0. The fourth-order valence-electron chi connectivity index (χ4n) is 5.40. The van der Waals surface area contributed by atoms with Crippen molar-refractivity contribution in [2.75, 3.05) is 13.1 Å². The highest BCUT2D eigenvalue weighted by Gasteiger charge is 2.41. The summed E-state index contributed by atoms with van der Waals surface area (Å²) in [5, 5.41) is 22.6. The Morgan fingerprint density at radius 3 is 2.79 bits per heavy atom. The number of pyridine rings is 2. The zero-order valence-corrected chi connectivity index (χ0v) is 18.9. The maximum atomic E-state index is 14.4. The molecule has 2 atom stereocenters. The van der Waals surface area contributed by atoms with Crippen molar-refractivity contribution >= 4 is 17.3 Å². The molecule has 4 aromatic heterocycles. The van der Waals surface area contributed by atoms with Gasteiger partial charge >= 0.3 is 0 Å². The van der Waals surface area contributed by atoms with Crippen LogP contribution in [0.4, 0.5) is 4.39 Å². The van der Waals surface area contributed by atoms with E-state index in [9.17, 15) is 9.65 Å². The van der Waals surface area contributed by atoms with Crippen molar-refractivity contribution in [3.63, 3.8) is 0 Å². The van der Waals surface area contributed by atoms with Crippen molar-refractivity contribution in [2.45, 2.75) is 35.7 Å². The number of halogens is 1. The van der Waals surface area contributed by atoms with E-state index in [1.54, 1.807) is 23.0 Å². The second-order valence-corrected chi connectivity index (χ2v) is 9.81. The lowest BCUT2D eigenvalue weighted by Gasteiger charge is -2.32. The number of hydrogen-bond acceptors (Lipinski definition) is 6. The first-order chi connectivity index (χ1) is 16.1. The number of rotatable bonds is 4. The second-order valence-electron chi connectivity index (χ2n) is 8.78. The topological polar surface area (TPSA) is 83.8 Å². The molecule has 1 saturated heterocycles. The molecule has 5 heterocycles. The largest absolute Gasteiger partial charge is 0.316 e. The van der Waals surface area contributed by atoms with Crippen LogP contribution in [0.2, 0.25) is 0 Å². The van der Waals surface area contributed by atoms with Gasteiger partial charge in [0.15, 0.2) is 5.82 Å². The van der Waals surface area contributed by atoms with Crippen LogP contribution in [0.3, 0.4) is 0 Å². The van der Waals surface area contributed by atoms with Crippen LogP contribution in [0.25, 0.3) is 16.6 Å². The first-order valence-electron chi connectivity index (χ1n) is 11.1. The molecule has 7 nitrogen and oxygen atoms in total. The minimum atomic E-state index is -0.394. The molecule has 0 spiro atoms. The van der Waals surface area contributed by atoms with E-state index in [0.717, 1.165) is 34.8 Å². The van der Waals surface area contributed by atoms with Gasteiger partial charge in [0.05, 0.1) is 29.5 Å². The second kappa shape index (κ2) is 7.97. The minimum absolute atomic E-state index is 0.264. The van der Waals surface area contributed by atoms with Crippen LogP contribution < -0.4 is 5.32 Å². The summed E-state index contributed by atoms with van der Waals surface area (Å²) in [6.45, 7) is 4.20. The Kier molecular flexibility index (Phi) is 4.93. The van der Waals surface area contributed by atoms with Crippen LogP contribution in [0.1, 0.15) is 30.1 Å². The minimum Gasteiger partial charge on any atom is -0.316 e. The van der Waals surface area contributed by atoms with Crippen LogP contribution >= 0.6 is 11.8 Å². The highest BCUT2D eigenvalue weighted by atomic mass is 32.2. The molecule has 9 heteroatoms. The average Bonchev–Trinajstić information content (AvgIpc) is 3.47. The van der Waals surface area contributed by atoms with Crippen LogP contribution in [-0.2, 0) is 0 Å². The van der Waals surface area contributed by atoms with Gasteiger partial charge in [-0.2, -0.15) is 15.5 Å². The van der Waals surface area contributed by atoms with Gasteiger partial charge in [-0.05, 0) is 49.8 Å². The maximum Gasteiger partial charge on any atom is 0.155 e. The standard InChI is InChI=1S/C24H22FN7S/c1-14-19(12-30-32(14)22-15-4-5-16(22)10-27-9-15)17-7-21(33-24-20(25)3-2-6-28-24)23-18(8-26)11-29-31(23)13-17/h2-3,6-7,11-13,15-16,22,27H,4-5,9-10H2,1H3. The lowest BCUT2D eigenvalue weighted by Crippen LogP contribution is -2.40. The molecule has 2 fully saturated rings. The third-order valence-electron chi connectivity index (χ3n) is 6.95. The first-order valence-corrected chi connectivity index (χ1v) is 11.9. The van der Waals surface area contributed by atoms with Gasteiger partial charge < -0.3 is 5.32 Å². The Hall–Kier alpha value is -3.22. The molecule has 2 bridgehead atoms. The normalized spacial score (nSPS) is 22.0. The monoisotopic (exact) mass is 459 g/mol. The summed E-state index contributed by atoms with van der Waals surface area (Å²) >= 11 is 1.20. The zero-order chi connectivity index (χ0) is 22.5. The third-order valence-corrected chi connectivity index (χ3v) is 7.98. The smallest absolute Gasteiger partial charge is 0.155 e. The molecule has 1 N–H and O–H groups in total. The Bertz CT molecular complexity index is 1390. The van der Waals surface area contributed by atoms with Crippen molar-refractivity contribution in [3.05, 3.63) is 60.1 Å². The van der Waals surface area contributed by atoms with Gasteiger partial charge in [-0.15, -0.1) is 0 Å². The van der Waals surface area contributed by atoms with E-state index >= 15 is 0 Å². The summed E-state index contributed by atoms with van der Waals surface area (Å²) in [5.74, 6) is 0.829. The Morgan fingerprint density at radius 1 is 1.21 bits per heavy atom. The van der Waals surface area contributed by atoms with Crippen molar-refractivity contribution in [3.8, 4) is 17.2 Å². The maximum absolute atomic E-state index is 14.4. The summed E-state index contributed by atoms with van der Waals surface area (Å²) in [4.78, 5) is 4.91. The zero-order valence-electron chi connectivity index (χ0n) is 18.1. The van der Waals surface area contributed by atoms with Gasteiger partial charge in [-0.3, -0.25) is 4.68 Å². The van der Waals surface area contributed by atoms with Crippen molar-refractivity contribution < 1.29 is 4.39 Å². The molecule has 4 aromatic rings. The summed E-state index contributed by atoms with van der Waals surface area (Å²) < 4.78 is 18.3. The number of fused-ring (bicyclic) bond motifs is 3. The van der Waals surface area contributed by atoms with Gasteiger partial charge in [-0.25, -0.2) is 13.9 Å². The predicted molar refractivity (Wildman–Crippen MR) is 122 cm³/mol. The van der Waals surface area contributed by atoms with Gasteiger partial charge in [-0.1, -0.05) is 11.8 Å². The van der Waals surface area contributed by atoms with Crippen LogP contribution in [0.5, 0.6) is 0 Å². The van der Waals surface area contributed by atoms with Crippen LogP contribution in [0.15, 0.2) is 52.9 Å². The van der Waals surface area contributed by atoms with Crippen LogP contribution in [-0.4, -0.2) is 37.5 Å². The number of hydrogen-bond donors (Lipinski definition) is 1. The van der Waals surface area contributed by atoms with Crippen molar-refractivity contribution in [2.24, 2.45) is 11.8 Å². The van der Waals surface area contributed by atoms with Crippen molar-refractivity contribution in [1.29, 1.82) is 5.26 Å². The van der Waals surface area contributed by atoms with Gasteiger partial charge in [0, 0.05) is 47.2 Å². The predicted octanol–water partition coefficient (Wildman–Crippen LogP) is 4.23. The van der Waals surface area contributed by atoms with Gasteiger partial charge in [0.2, 0.25) is 0 Å². The molecule has 6 rings (SSSR count). The quantitative estimate of drug-likeness (QED) is 0.492. The molecule has 2 aliphatic rings. The SMILES string of the molecule is Cc1c(-c2cc(Sc3ncccc3F)c3c(C#N)cnn3c2)cnn1C1C2CCC1CNC2. The van der Waals surface area contributed by atoms with Gasteiger partial charge in [0.1, 0.15) is 11.1 Å². The molecule has 0 radical (unpaired) electrons. The number of nitriles is 1. The lowest BCUT2D eigenvalue weighted by molar-refractivity contribution is 0.227. The van der Waals surface area contributed by atoms with Crippen molar-refractivity contribution in [1.82, 2.24) is 29.7 Å². The fourth-order valence-corrected chi connectivity index (χ4v) is 6.38. The van der Waals surface area contributed by atoms with E-state index in [0.29, 0.717) is 29.0 Å². The Morgan fingerprint density at radius 2 is 2.03 bits per heavy atom. The molecule has 2 unspecified atom stereocenters. The van der Waals surface area contributed by atoms with E-state index in [1.165, 1.54) is 30.7 Å². The summed E-state index contributed by atoms with van der Waals surface area (Å²) in [6.07, 6.45) is 9.42. The first kappa shape index (κ1) is 20.4. The van der Waals surface area contributed by atoms with Gasteiger partial charge in [0.25, 0.3) is 0 Å².